The van der Waals surface area contributed by atoms with E-state index in [9.17, 15) is 9.59 Å². The van der Waals surface area contributed by atoms with Crippen molar-refractivity contribution >= 4 is 11.9 Å². The summed E-state index contributed by atoms with van der Waals surface area (Å²) in [6.07, 6.45) is 4.80. The number of esters is 1. The molecule has 2 heterocycles. The van der Waals surface area contributed by atoms with Crippen LogP contribution in [0, 0.1) is 5.92 Å². The minimum atomic E-state index is -0.302. The largest absolute Gasteiger partial charge is 0.466 e. The van der Waals surface area contributed by atoms with E-state index < -0.39 is 0 Å². The average molecular weight is 279 g/mol. The first-order valence-corrected chi connectivity index (χ1v) is 7.08. The fourth-order valence-electron chi connectivity index (χ4n) is 2.48. The van der Waals surface area contributed by atoms with Crippen LogP contribution in [0.2, 0.25) is 0 Å². The van der Waals surface area contributed by atoms with Gasteiger partial charge in [0.15, 0.2) is 0 Å². The van der Waals surface area contributed by atoms with Crippen LogP contribution in [-0.4, -0.2) is 46.3 Å². The van der Waals surface area contributed by atoms with Crippen LogP contribution in [0.4, 0.5) is 0 Å². The first kappa shape index (κ1) is 14.6. The molecule has 1 atom stereocenters. The molecule has 6 heteroatoms. The number of hydrogen-bond acceptors (Lipinski definition) is 4. The van der Waals surface area contributed by atoms with E-state index in [2.05, 4.69) is 5.10 Å². The van der Waals surface area contributed by atoms with Gasteiger partial charge in [0.1, 0.15) is 6.04 Å². The highest BCUT2D eigenvalue weighted by Crippen LogP contribution is 2.21. The van der Waals surface area contributed by atoms with Crippen LogP contribution in [0.3, 0.4) is 0 Å². The smallest absolute Gasteiger partial charge is 0.309 e. The molecular formula is C14H21N3O3. The Morgan fingerprint density at radius 1 is 1.40 bits per heavy atom. The molecule has 1 aliphatic rings. The van der Waals surface area contributed by atoms with Gasteiger partial charge in [0.05, 0.1) is 12.5 Å². The van der Waals surface area contributed by atoms with Gasteiger partial charge >= 0.3 is 5.97 Å². The van der Waals surface area contributed by atoms with Gasteiger partial charge in [-0.2, -0.15) is 5.10 Å². The Labute approximate surface area is 118 Å². The molecule has 1 amide bonds. The quantitative estimate of drug-likeness (QED) is 0.778. The number of ether oxygens (including phenoxy) is 1. The minimum absolute atomic E-state index is 0.0519. The molecule has 1 saturated heterocycles. The lowest BCUT2D eigenvalue weighted by Gasteiger charge is -2.32. The van der Waals surface area contributed by atoms with Gasteiger partial charge in [-0.05, 0) is 32.8 Å². The first-order valence-electron chi connectivity index (χ1n) is 7.08. The Bertz CT molecular complexity index is 450. The Kier molecular flexibility index (Phi) is 4.76. The maximum Gasteiger partial charge on any atom is 0.309 e. The summed E-state index contributed by atoms with van der Waals surface area (Å²) in [5.74, 6) is -0.158. The summed E-state index contributed by atoms with van der Waals surface area (Å²) < 4.78 is 6.68. The predicted octanol–water partition coefficient (Wildman–Crippen LogP) is 1.25. The number of likely N-dealkylation sites (tertiary alicyclic amines) is 1. The molecule has 0 N–H and O–H groups in total. The fraction of sp³-hybridized carbons (Fsp3) is 0.643. The van der Waals surface area contributed by atoms with Gasteiger partial charge in [0.2, 0.25) is 5.91 Å². The van der Waals surface area contributed by atoms with Crippen molar-refractivity contribution in [1.29, 1.82) is 0 Å². The minimum Gasteiger partial charge on any atom is -0.466 e. The van der Waals surface area contributed by atoms with Gasteiger partial charge in [-0.15, -0.1) is 0 Å². The molecule has 0 spiro atoms. The zero-order valence-corrected chi connectivity index (χ0v) is 12.0. The molecule has 0 saturated carbocycles. The van der Waals surface area contributed by atoms with E-state index in [1.54, 1.807) is 23.1 Å². The number of carbonyl (C=O) groups is 2. The van der Waals surface area contributed by atoms with E-state index in [0.29, 0.717) is 32.5 Å². The van der Waals surface area contributed by atoms with Crippen LogP contribution in [0.5, 0.6) is 0 Å². The lowest BCUT2D eigenvalue weighted by Crippen LogP contribution is -2.43. The highest BCUT2D eigenvalue weighted by atomic mass is 16.5. The van der Waals surface area contributed by atoms with Crippen LogP contribution in [0.1, 0.15) is 32.7 Å². The molecule has 2 rings (SSSR count). The zero-order valence-electron chi connectivity index (χ0n) is 12.0. The Morgan fingerprint density at radius 3 is 2.65 bits per heavy atom. The third kappa shape index (κ3) is 3.18. The first-order chi connectivity index (χ1) is 9.63. The lowest BCUT2D eigenvalue weighted by atomic mass is 9.96. The SMILES string of the molecule is CCOC(=O)C1CCN(C(=O)C(C)n2cccn2)CC1. The Morgan fingerprint density at radius 2 is 2.10 bits per heavy atom. The van der Waals surface area contributed by atoms with E-state index in [1.165, 1.54) is 0 Å². The van der Waals surface area contributed by atoms with Crippen molar-refractivity contribution in [3.8, 4) is 0 Å². The van der Waals surface area contributed by atoms with Crippen molar-refractivity contribution in [2.24, 2.45) is 5.92 Å². The van der Waals surface area contributed by atoms with Crippen LogP contribution in [0.15, 0.2) is 18.5 Å². The molecule has 0 bridgehead atoms. The van der Waals surface area contributed by atoms with Crippen molar-refractivity contribution < 1.29 is 14.3 Å². The maximum atomic E-state index is 12.3. The van der Waals surface area contributed by atoms with Crippen LogP contribution >= 0.6 is 0 Å². The maximum absolute atomic E-state index is 12.3. The van der Waals surface area contributed by atoms with E-state index in [4.69, 9.17) is 4.74 Å². The van der Waals surface area contributed by atoms with Gasteiger partial charge in [-0.1, -0.05) is 0 Å². The molecule has 6 nitrogen and oxygen atoms in total. The molecule has 0 radical (unpaired) electrons. The molecule has 20 heavy (non-hydrogen) atoms. The molecule has 1 aliphatic heterocycles. The van der Waals surface area contributed by atoms with E-state index in [-0.39, 0.29) is 23.8 Å². The summed E-state index contributed by atoms with van der Waals surface area (Å²) in [6.45, 7) is 5.27. The summed E-state index contributed by atoms with van der Waals surface area (Å²) in [5.41, 5.74) is 0. The Balaban J connectivity index is 1.87. The second-order valence-corrected chi connectivity index (χ2v) is 5.01. The standard InChI is InChI=1S/C14H21N3O3/c1-3-20-14(19)12-5-9-16(10-6-12)13(18)11(2)17-8-4-7-15-17/h4,7-8,11-12H,3,5-6,9-10H2,1-2H3. The summed E-state index contributed by atoms with van der Waals surface area (Å²) in [5, 5.41) is 4.09. The van der Waals surface area contributed by atoms with Gasteiger partial charge in [0, 0.05) is 25.5 Å². The van der Waals surface area contributed by atoms with Gasteiger partial charge < -0.3 is 9.64 Å². The molecule has 1 unspecified atom stereocenters. The predicted molar refractivity (Wildman–Crippen MR) is 72.9 cm³/mol. The second-order valence-electron chi connectivity index (χ2n) is 5.01. The number of aromatic nitrogens is 2. The van der Waals surface area contributed by atoms with Crippen molar-refractivity contribution in [3.05, 3.63) is 18.5 Å². The Hall–Kier alpha value is -1.85. The van der Waals surface area contributed by atoms with Crippen molar-refractivity contribution in [2.45, 2.75) is 32.7 Å². The fourth-order valence-corrected chi connectivity index (χ4v) is 2.48. The molecule has 1 aromatic heterocycles. The molecule has 0 aliphatic carbocycles. The van der Waals surface area contributed by atoms with Crippen LogP contribution in [-0.2, 0) is 14.3 Å². The molecule has 1 fully saturated rings. The van der Waals surface area contributed by atoms with Gasteiger partial charge in [-0.25, -0.2) is 0 Å². The highest BCUT2D eigenvalue weighted by molar-refractivity contribution is 5.80. The number of hydrogen-bond donors (Lipinski definition) is 0. The van der Waals surface area contributed by atoms with Crippen molar-refractivity contribution in [3.63, 3.8) is 0 Å². The van der Waals surface area contributed by atoms with Crippen LogP contribution in [0.25, 0.3) is 0 Å². The summed E-state index contributed by atoms with van der Waals surface area (Å²) >= 11 is 0. The summed E-state index contributed by atoms with van der Waals surface area (Å²) in [7, 11) is 0. The average Bonchev–Trinajstić information content (AvgIpc) is 3.00. The number of piperidine rings is 1. The lowest BCUT2D eigenvalue weighted by molar-refractivity contribution is -0.151. The third-order valence-corrected chi connectivity index (χ3v) is 3.71. The normalized spacial score (nSPS) is 17.8. The van der Waals surface area contributed by atoms with Gasteiger partial charge in [-0.3, -0.25) is 14.3 Å². The number of rotatable bonds is 4. The summed E-state index contributed by atoms with van der Waals surface area (Å²) in [4.78, 5) is 25.8. The van der Waals surface area contributed by atoms with Crippen molar-refractivity contribution in [1.82, 2.24) is 14.7 Å². The molecule has 0 aromatic carbocycles. The zero-order chi connectivity index (χ0) is 14.5. The van der Waals surface area contributed by atoms with Crippen molar-refractivity contribution in [2.75, 3.05) is 19.7 Å². The third-order valence-electron chi connectivity index (χ3n) is 3.71. The monoisotopic (exact) mass is 279 g/mol. The molecule has 1 aromatic rings. The van der Waals surface area contributed by atoms with E-state index in [1.807, 2.05) is 18.7 Å². The van der Waals surface area contributed by atoms with Crippen LogP contribution < -0.4 is 0 Å². The highest BCUT2D eigenvalue weighted by Gasteiger charge is 2.30. The summed E-state index contributed by atoms with van der Waals surface area (Å²) in [6, 6.07) is 1.50. The number of amides is 1. The molecule has 110 valence electrons. The molecular weight excluding hydrogens is 258 g/mol. The van der Waals surface area contributed by atoms with E-state index in [0.717, 1.165) is 0 Å². The number of carbonyl (C=O) groups excluding carboxylic acids is 2. The van der Waals surface area contributed by atoms with E-state index >= 15 is 0 Å². The number of nitrogens with zero attached hydrogens (tertiary/aromatic N) is 3. The topological polar surface area (TPSA) is 64.4 Å². The van der Waals surface area contributed by atoms with Gasteiger partial charge in [0.25, 0.3) is 0 Å². The second kappa shape index (κ2) is 6.54.